The lowest BCUT2D eigenvalue weighted by Gasteiger charge is -2.16. The lowest BCUT2D eigenvalue weighted by Crippen LogP contribution is -2.09. The Kier molecular flexibility index (Phi) is 4.56. The van der Waals surface area contributed by atoms with Crippen molar-refractivity contribution in [3.8, 4) is 0 Å². The Labute approximate surface area is 150 Å². The molecule has 0 aliphatic carbocycles. The Morgan fingerprint density at radius 1 is 1.15 bits per heavy atom. The topological polar surface area (TPSA) is 115 Å². The molecule has 8 nitrogen and oxygen atoms in total. The molecule has 0 radical (unpaired) electrons. The number of fused-ring (bicyclic) bond motifs is 1. The van der Waals surface area contributed by atoms with Gasteiger partial charge in [0.2, 0.25) is 0 Å². The zero-order valence-electron chi connectivity index (χ0n) is 14.1. The van der Waals surface area contributed by atoms with Crippen LogP contribution in [-0.4, -0.2) is 29.6 Å². The van der Waals surface area contributed by atoms with E-state index in [1.165, 1.54) is 30.6 Å². The Balaban J connectivity index is 2.00. The van der Waals surface area contributed by atoms with Crippen molar-refractivity contribution in [1.29, 1.82) is 0 Å². The van der Waals surface area contributed by atoms with Crippen LogP contribution in [0.15, 0.2) is 53.7 Å². The Hall–Kier alpha value is -3.07. The average Bonchev–Trinajstić information content (AvgIpc) is 2.61. The van der Waals surface area contributed by atoms with E-state index in [-0.39, 0.29) is 16.6 Å². The molecule has 2 aromatic carbocycles. The molecule has 0 saturated carbocycles. The van der Waals surface area contributed by atoms with E-state index in [1.54, 1.807) is 18.2 Å². The molecule has 0 bridgehead atoms. The molecule has 3 aromatic rings. The lowest BCUT2D eigenvalue weighted by molar-refractivity contribution is -0.384. The van der Waals surface area contributed by atoms with E-state index in [9.17, 15) is 18.5 Å². The third-order valence-electron chi connectivity index (χ3n) is 3.97. The molecule has 3 rings (SSSR count). The zero-order chi connectivity index (χ0) is 18.9. The number of anilines is 1. The predicted molar refractivity (Wildman–Crippen MR) is 97.8 cm³/mol. The fourth-order valence-electron chi connectivity index (χ4n) is 2.58. The van der Waals surface area contributed by atoms with Gasteiger partial charge in [0.05, 0.1) is 21.4 Å². The summed E-state index contributed by atoms with van der Waals surface area (Å²) >= 11 is 0. The highest BCUT2D eigenvalue weighted by Gasteiger charge is 2.15. The summed E-state index contributed by atoms with van der Waals surface area (Å²) in [6.45, 7) is 1.84. The van der Waals surface area contributed by atoms with Crippen molar-refractivity contribution in [2.45, 2.75) is 17.9 Å². The highest BCUT2D eigenvalue weighted by Crippen LogP contribution is 2.27. The maximum Gasteiger partial charge on any atom is 0.269 e. The third kappa shape index (κ3) is 3.62. The first kappa shape index (κ1) is 17.7. The van der Waals surface area contributed by atoms with Gasteiger partial charge in [0.1, 0.15) is 12.1 Å². The number of non-ortho nitro benzene ring substituents is 1. The van der Waals surface area contributed by atoms with Gasteiger partial charge in [-0.3, -0.25) is 10.1 Å². The van der Waals surface area contributed by atoms with Crippen LogP contribution >= 0.6 is 0 Å². The van der Waals surface area contributed by atoms with Gasteiger partial charge in [-0.2, -0.15) is 0 Å². The molecule has 9 heteroatoms. The Bertz CT molecular complexity index is 1100. The fourth-order valence-corrected chi connectivity index (χ4v) is 3.22. The predicted octanol–water partition coefficient (Wildman–Crippen LogP) is 3.11. The summed E-state index contributed by atoms with van der Waals surface area (Å²) in [5, 5.41) is 14.7. The molecule has 1 heterocycles. The summed E-state index contributed by atoms with van der Waals surface area (Å²) < 4.78 is 23.6. The summed E-state index contributed by atoms with van der Waals surface area (Å²) in [5.41, 5.74) is 1.31. The van der Waals surface area contributed by atoms with E-state index in [0.717, 1.165) is 6.26 Å². The lowest BCUT2D eigenvalue weighted by atomic mass is 10.1. The summed E-state index contributed by atoms with van der Waals surface area (Å²) in [7, 11) is -3.37. The summed E-state index contributed by atoms with van der Waals surface area (Å²) in [6, 6.07) is 10.7. The second-order valence-corrected chi connectivity index (χ2v) is 7.91. The van der Waals surface area contributed by atoms with Crippen LogP contribution in [0.5, 0.6) is 0 Å². The third-order valence-corrected chi connectivity index (χ3v) is 5.08. The largest absolute Gasteiger partial charge is 0.363 e. The van der Waals surface area contributed by atoms with Crippen LogP contribution in [0.2, 0.25) is 0 Å². The number of nitro benzene ring substituents is 1. The summed E-state index contributed by atoms with van der Waals surface area (Å²) in [4.78, 5) is 19.0. The first-order chi connectivity index (χ1) is 12.3. The molecule has 0 aliphatic rings. The molecular formula is C17H16N4O4S. The molecule has 1 unspecified atom stereocenters. The first-order valence-corrected chi connectivity index (χ1v) is 9.60. The average molecular weight is 372 g/mol. The SMILES string of the molecule is CC(Nc1ncnc2ccc(S(C)(=O)=O)cc12)c1cccc([N+](=O)[O-])c1. The zero-order valence-corrected chi connectivity index (χ0v) is 14.9. The normalized spacial score (nSPS) is 12.7. The molecule has 0 fully saturated rings. The van der Waals surface area contributed by atoms with Gasteiger partial charge < -0.3 is 5.32 Å². The van der Waals surface area contributed by atoms with E-state index >= 15 is 0 Å². The van der Waals surface area contributed by atoms with Gasteiger partial charge in [-0.25, -0.2) is 18.4 Å². The number of nitrogens with one attached hydrogen (secondary N) is 1. The van der Waals surface area contributed by atoms with Crippen molar-refractivity contribution in [3.63, 3.8) is 0 Å². The summed E-state index contributed by atoms with van der Waals surface area (Å²) in [5.74, 6) is 0.458. The van der Waals surface area contributed by atoms with Crippen LogP contribution in [0.4, 0.5) is 11.5 Å². The van der Waals surface area contributed by atoms with Crippen molar-refractivity contribution >= 4 is 32.2 Å². The molecule has 26 heavy (non-hydrogen) atoms. The number of benzene rings is 2. The minimum absolute atomic E-state index is 0.00283. The fraction of sp³-hybridized carbons (Fsp3) is 0.176. The standard InChI is InChI=1S/C17H16N4O4S/c1-11(12-4-3-5-13(8-12)21(22)23)20-17-15-9-14(26(2,24)25)6-7-16(15)18-10-19-17/h3-11H,1-2H3,(H,18,19,20). The number of sulfone groups is 1. The van der Waals surface area contributed by atoms with Crippen molar-refractivity contribution in [1.82, 2.24) is 9.97 Å². The number of nitro groups is 1. The first-order valence-electron chi connectivity index (χ1n) is 7.71. The molecule has 1 atom stereocenters. The smallest absolute Gasteiger partial charge is 0.269 e. The van der Waals surface area contributed by atoms with Crippen LogP contribution in [0.25, 0.3) is 10.9 Å². The monoisotopic (exact) mass is 372 g/mol. The highest BCUT2D eigenvalue weighted by atomic mass is 32.2. The van der Waals surface area contributed by atoms with Gasteiger partial charge in [0, 0.05) is 23.8 Å². The maximum absolute atomic E-state index is 11.8. The minimum Gasteiger partial charge on any atom is -0.363 e. The molecule has 134 valence electrons. The number of nitrogens with zero attached hydrogens (tertiary/aromatic N) is 3. The van der Waals surface area contributed by atoms with Crippen LogP contribution in [0, 0.1) is 10.1 Å². The molecule has 1 N–H and O–H groups in total. The van der Waals surface area contributed by atoms with Crippen molar-refractivity contribution < 1.29 is 13.3 Å². The van der Waals surface area contributed by atoms with Gasteiger partial charge in [0.25, 0.3) is 5.69 Å². The molecule has 0 aliphatic heterocycles. The van der Waals surface area contributed by atoms with Crippen LogP contribution in [0.3, 0.4) is 0 Å². The van der Waals surface area contributed by atoms with E-state index < -0.39 is 14.8 Å². The van der Waals surface area contributed by atoms with E-state index in [1.807, 2.05) is 6.92 Å². The van der Waals surface area contributed by atoms with Gasteiger partial charge in [0.15, 0.2) is 9.84 Å². The number of rotatable bonds is 5. The minimum atomic E-state index is -3.37. The van der Waals surface area contributed by atoms with Crippen LogP contribution in [-0.2, 0) is 9.84 Å². The molecule has 0 amide bonds. The van der Waals surface area contributed by atoms with Gasteiger partial charge in [-0.15, -0.1) is 0 Å². The molecule has 1 aromatic heterocycles. The van der Waals surface area contributed by atoms with Crippen molar-refractivity contribution in [2.24, 2.45) is 0 Å². The van der Waals surface area contributed by atoms with Crippen LogP contribution in [0.1, 0.15) is 18.5 Å². The van der Waals surface area contributed by atoms with E-state index in [2.05, 4.69) is 15.3 Å². The number of hydrogen-bond donors (Lipinski definition) is 1. The Morgan fingerprint density at radius 3 is 2.62 bits per heavy atom. The van der Waals surface area contributed by atoms with E-state index in [4.69, 9.17) is 0 Å². The van der Waals surface area contributed by atoms with Gasteiger partial charge >= 0.3 is 0 Å². The number of hydrogen-bond acceptors (Lipinski definition) is 7. The second-order valence-electron chi connectivity index (χ2n) is 5.89. The highest BCUT2D eigenvalue weighted by molar-refractivity contribution is 7.90. The van der Waals surface area contributed by atoms with Crippen molar-refractivity contribution in [3.05, 3.63) is 64.5 Å². The molecular weight excluding hydrogens is 356 g/mol. The van der Waals surface area contributed by atoms with Crippen molar-refractivity contribution in [2.75, 3.05) is 11.6 Å². The van der Waals surface area contributed by atoms with E-state index in [0.29, 0.717) is 22.3 Å². The molecule has 0 spiro atoms. The number of aromatic nitrogens is 2. The van der Waals surface area contributed by atoms with Crippen LogP contribution < -0.4 is 5.32 Å². The maximum atomic E-state index is 11.8. The molecule has 0 saturated heterocycles. The summed E-state index contributed by atoms with van der Waals surface area (Å²) in [6.07, 6.45) is 2.52. The quantitative estimate of drug-likeness (QED) is 0.540. The van der Waals surface area contributed by atoms with Gasteiger partial charge in [-0.05, 0) is 30.7 Å². The Morgan fingerprint density at radius 2 is 1.92 bits per heavy atom. The van der Waals surface area contributed by atoms with Gasteiger partial charge in [-0.1, -0.05) is 12.1 Å². The second kappa shape index (κ2) is 6.68.